The first-order chi connectivity index (χ1) is 13.2. The van der Waals surface area contributed by atoms with Gasteiger partial charge in [0.1, 0.15) is 5.82 Å². The van der Waals surface area contributed by atoms with Gasteiger partial charge in [0.05, 0.1) is 6.04 Å². The van der Waals surface area contributed by atoms with Gasteiger partial charge < -0.3 is 15.1 Å². The van der Waals surface area contributed by atoms with Crippen LogP contribution in [0, 0.1) is 11.7 Å². The third-order valence-electron chi connectivity index (χ3n) is 5.51. The molecule has 0 radical (unpaired) electrons. The van der Waals surface area contributed by atoms with Crippen LogP contribution in [-0.4, -0.2) is 37.1 Å². The van der Waals surface area contributed by atoms with Crippen molar-refractivity contribution in [3.05, 3.63) is 66.0 Å². The fraction of sp³-hybridized carbons (Fsp3) is 0.409. The number of hydrogen-bond donors (Lipinski definition) is 1. The molecule has 1 saturated carbocycles. The Hall–Kier alpha value is -2.56. The zero-order valence-electron chi connectivity index (χ0n) is 15.5. The molecule has 1 unspecified atom stereocenters. The van der Waals surface area contributed by atoms with E-state index in [1.54, 1.807) is 12.1 Å². The standard InChI is InChI=1S/C22H26FN3O/c23-19-11-9-18(10-12-19)21(17-7-8-17)24-22(27)26-14-4-13-25(15-16-26)20-5-2-1-3-6-20/h1-3,5-6,9-12,17,21H,4,7-8,13-16H2,(H,24,27). The number of hydrogen-bond acceptors (Lipinski definition) is 2. The lowest BCUT2D eigenvalue weighted by atomic mass is 10.0. The summed E-state index contributed by atoms with van der Waals surface area (Å²) >= 11 is 0. The average Bonchev–Trinajstić information content (AvgIpc) is 3.54. The summed E-state index contributed by atoms with van der Waals surface area (Å²) in [6.45, 7) is 3.26. The Bertz CT molecular complexity index is 761. The second-order valence-electron chi connectivity index (χ2n) is 7.48. The Morgan fingerprint density at radius 2 is 1.70 bits per heavy atom. The minimum Gasteiger partial charge on any atom is -0.370 e. The number of amides is 2. The fourth-order valence-electron chi connectivity index (χ4n) is 3.81. The van der Waals surface area contributed by atoms with Crippen LogP contribution in [0.15, 0.2) is 54.6 Å². The molecular formula is C22H26FN3O. The summed E-state index contributed by atoms with van der Waals surface area (Å²) in [6, 6.07) is 16.9. The number of nitrogens with one attached hydrogen (secondary N) is 1. The SMILES string of the molecule is O=C(NC(c1ccc(F)cc1)C1CC1)N1CCCN(c2ccccc2)CC1. The van der Waals surface area contributed by atoms with E-state index in [1.165, 1.54) is 17.8 Å². The van der Waals surface area contributed by atoms with Gasteiger partial charge in [0.2, 0.25) is 0 Å². The average molecular weight is 367 g/mol. The van der Waals surface area contributed by atoms with E-state index < -0.39 is 0 Å². The summed E-state index contributed by atoms with van der Waals surface area (Å²) in [7, 11) is 0. The lowest BCUT2D eigenvalue weighted by molar-refractivity contribution is 0.195. The number of anilines is 1. The number of para-hydroxylation sites is 1. The van der Waals surface area contributed by atoms with Crippen LogP contribution in [0.3, 0.4) is 0 Å². The van der Waals surface area contributed by atoms with E-state index in [0.717, 1.165) is 44.5 Å². The molecule has 1 saturated heterocycles. The molecule has 1 heterocycles. The minimum atomic E-state index is -0.242. The highest BCUT2D eigenvalue weighted by Crippen LogP contribution is 2.41. The number of halogens is 1. The van der Waals surface area contributed by atoms with E-state index in [1.807, 2.05) is 23.1 Å². The molecule has 0 bridgehead atoms. The Morgan fingerprint density at radius 3 is 2.41 bits per heavy atom. The minimum absolute atomic E-state index is 0.00821. The van der Waals surface area contributed by atoms with Gasteiger partial charge in [-0.25, -0.2) is 9.18 Å². The topological polar surface area (TPSA) is 35.6 Å². The maximum atomic E-state index is 13.2. The van der Waals surface area contributed by atoms with Crippen LogP contribution >= 0.6 is 0 Å². The number of carbonyl (C=O) groups is 1. The lowest BCUT2D eigenvalue weighted by Crippen LogP contribution is -2.44. The molecule has 2 fully saturated rings. The molecule has 142 valence electrons. The van der Waals surface area contributed by atoms with Crippen molar-refractivity contribution in [2.45, 2.75) is 25.3 Å². The van der Waals surface area contributed by atoms with Crippen molar-refractivity contribution in [2.75, 3.05) is 31.1 Å². The Balaban J connectivity index is 1.39. The highest BCUT2D eigenvalue weighted by molar-refractivity contribution is 5.75. The molecule has 1 atom stereocenters. The maximum Gasteiger partial charge on any atom is 0.317 e. The van der Waals surface area contributed by atoms with Crippen LogP contribution in [0.1, 0.15) is 30.9 Å². The van der Waals surface area contributed by atoms with E-state index in [-0.39, 0.29) is 17.9 Å². The molecule has 0 spiro atoms. The maximum absolute atomic E-state index is 13.2. The van der Waals surface area contributed by atoms with Gasteiger partial charge in [0, 0.05) is 31.9 Å². The van der Waals surface area contributed by atoms with E-state index in [0.29, 0.717) is 12.5 Å². The van der Waals surface area contributed by atoms with Crippen molar-refractivity contribution < 1.29 is 9.18 Å². The largest absolute Gasteiger partial charge is 0.370 e. The van der Waals surface area contributed by atoms with Gasteiger partial charge in [-0.3, -0.25) is 0 Å². The first-order valence-electron chi connectivity index (χ1n) is 9.81. The molecule has 27 heavy (non-hydrogen) atoms. The van der Waals surface area contributed by atoms with Crippen molar-refractivity contribution in [1.82, 2.24) is 10.2 Å². The molecule has 2 aliphatic rings. The molecule has 4 rings (SSSR count). The molecule has 2 aromatic rings. The smallest absolute Gasteiger partial charge is 0.317 e. The highest BCUT2D eigenvalue weighted by atomic mass is 19.1. The van der Waals surface area contributed by atoms with Crippen molar-refractivity contribution in [3.63, 3.8) is 0 Å². The predicted octanol–water partition coefficient (Wildman–Crippen LogP) is 4.20. The van der Waals surface area contributed by atoms with Crippen LogP contribution < -0.4 is 10.2 Å². The van der Waals surface area contributed by atoms with Crippen LogP contribution in [0.25, 0.3) is 0 Å². The van der Waals surface area contributed by atoms with Crippen LogP contribution in [0.2, 0.25) is 0 Å². The van der Waals surface area contributed by atoms with E-state index in [4.69, 9.17) is 0 Å². The van der Waals surface area contributed by atoms with Crippen LogP contribution in [0.5, 0.6) is 0 Å². The van der Waals surface area contributed by atoms with E-state index in [9.17, 15) is 9.18 Å². The number of rotatable bonds is 4. The molecule has 2 amide bonds. The second-order valence-corrected chi connectivity index (χ2v) is 7.48. The van der Waals surface area contributed by atoms with Gasteiger partial charge in [-0.05, 0) is 55.0 Å². The number of benzene rings is 2. The quantitative estimate of drug-likeness (QED) is 0.879. The molecule has 0 aromatic heterocycles. The first kappa shape index (κ1) is 17.8. The third kappa shape index (κ3) is 4.41. The molecule has 4 nitrogen and oxygen atoms in total. The van der Waals surface area contributed by atoms with Gasteiger partial charge in [0.25, 0.3) is 0 Å². The Kier molecular flexibility index (Phi) is 5.28. The summed E-state index contributed by atoms with van der Waals surface area (Å²) < 4.78 is 13.2. The number of urea groups is 1. The molecule has 5 heteroatoms. The lowest BCUT2D eigenvalue weighted by Gasteiger charge is -2.26. The molecule has 2 aromatic carbocycles. The first-order valence-corrected chi connectivity index (χ1v) is 9.81. The second kappa shape index (κ2) is 7.99. The van der Waals surface area contributed by atoms with Gasteiger partial charge in [-0.1, -0.05) is 30.3 Å². The van der Waals surface area contributed by atoms with Crippen molar-refractivity contribution >= 4 is 11.7 Å². The van der Waals surface area contributed by atoms with Gasteiger partial charge in [-0.15, -0.1) is 0 Å². The van der Waals surface area contributed by atoms with E-state index in [2.05, 4.69) is 22.3 Å². The number of nitrogens with zero attached hydrogens (tertiary/aromatic N) is 2. The normalized spacial score (nSPS) is 18.7. The summed E-state index contributed by atoms with van der Waals surface area (Å²) in [5, 5.41) is 3.21. The molecule has 1 aliphatic carbocycles. The van der Waals surface area contributed by atoms with Crippen molar-refractivity contribution in [2.24, 2.45) is 5.92 Å². The molecule has 1 aliphatic heterocycles. The molecular weight excluding hydrogens is 341 g/mol. The van der Waals surface area contributed by atoms with E-state index >= 15 is 0 Å². The fourth-order valence-corrected chi connectivity index (χ4v) is 3.81. The van der Waals surface area contributed by atoms with Crippen molar-refractivity contribution in [1.29, 1.82) is 0 Å². The highest BCUT2D eigenvalue weighted by Gasteiger charge is 2.34. The third-order valence-corrected chi connectivity index (χ3v) is 5.51. The van der Waals surface area contributed by atoms with Crippen molar-refractivity contribution in [3.8, 4) is 0 Å². The van der Waals surface area contributed by atoms with Gasteiger partial charge in [0.15, 0.2) is 0 Å². The monoisotopic (exact) mass is 367 g/mol. The summed E-state index contributed by atoms with van der Waals surface area (Å²) in [5.41, 5.74) is 2.20. The summed E-state index contributed by atoms with van der Waals surface area (Å²) in [4.78, 5) is 17.2. The zero-order chi connectivity index (χ0) is 18.6. The zero-order valence-corrected chi connectivity index (χ0v) is 15.5. The van der Waals surface area contributed by atoms with Gasteiger partial charge >= 0.3 is 6.03 Å². The van der Waals surface area contributed by atoms with Gasteiger partial charge in [-0.2, -0.15) is 0 Å². The molecule has 1 N–H and O–H groups in total. The van der Waals surface area contributed by atoms with Crippen LogP contribution in [-0.2, 0) is 0 Å². The summed E-state index contributed by atoms with van der Waals surface area (Å²) in [5.74, 6) is 0.223. The van der Waals surface area contributed by atoms with Crippen LogP contribution in [0.4, 0.5) is 14.9 Å². The Labute approximate surface area is 160 Å². The predicted molar refractivity (Wildman–Crippen MR) is 105 cm³/mol. The Morgan fingerprint density at radius 1 is 0.963 bits per heavy atom. The summed E-state index contributed by atoms with van der Waals surface area (Å²) in [6.07, 6.45) is 3.18. The number of carbonyl (C=O) groups excluding carboxylic acids is 1.